The molecule has 1 saturated heterocycles. The standard InChI is InChI=1S/C22H27N5OS/c1-14(2)13-27-8-6-16(7-9-27)21(28)24-20-11-19-10-17(4-5-18(19)12-23-20)22-26-25-15(3)29-22/h4-5,10-12,14,16H,6-9,13H2,1-3H3,(H,23,24,28). The van der Waals surface area contributed by atoms with Gasteiger partial charge in [0.15, 0.2) is 0 Å². The number of carbonyl (C=O) groups is 1. The molecular formula is C22H27N5OS. The zero-order valence-electron chi connectivity index (χ0n) is 17.2. The van der Waals surface area contributed by atoms with E-state index in [0.29, 0.717) is 11.7 Å². The molecule has 6 nitrogen and oxygen atoms in total. The Bertz CT molecular complexity index is 1010. The summed E-state index contributed by atoms with van der Waals surface area (Å²) in [5.41, 5.74) is 1.03. The lowest BCUT2D eigenvalue weighted by Crippen LogP contribution is -2.39. The number of aryl methyl sites for hydroxylation is 1. The number of hydrogen-bond acceptors (Lipinski definition) is 6. The fraction of sp³-hybridized carbons (Fsp3) is 0.455. The summed E-state index contributed by atoms with van der Waals surface area (Å²) in [5, 5.41) is 15.3. The van der Waals surface area contributed by atoms with E-state index in [-0.39, 0.29) is 11.8 Å². The van der Waals surface area contributed by atoms with Gasteiger partial charge >= 0.3 is 0 Å². The molecule has 1 aliphatic heterocycles. The summed E-state index contributed by atoms with van der Waals surface area (Å²) in [6.07, 6.45) is 3.63. The smallest absolute Gasteiger partial charge is 0.228 e. The lowest BCUT2D eigenvalue weighted by Gasteiger charge is -2.32. The number of benzene rings is 1. The first-order valence-electron chi connectivity index (χ1n) is 10.2. The minimum atomic E-state index is 0.0617. The van der Waals surface area contributed by atoms with Gasteiger partial charge in [0.25, 0.3) is 0 Å². The van der Waals surface area contributed by atoms with E-state index in [1.165, 1.54) is 0 Å². The summed E-state index contributed by atoms with van der Waals surface area (Å²) < 4.78 is 0. The molecule has 0 radical (unpaired) electrons. The van der Waals surface area contributed by atoms with Gasteiger partial charge in [0, 0.05) is 29.6 Å². The molecule has 1 aliphatic rings. The number of likely N-dealkylation sites (tertiary alicyclic amines) is 1. The van der Waals surface area contributed by atoms with Crippen LogP contribution in [0.3, 0.4) is 0 Å². The van der Waals surface area contributed by atoms with E-state index in [1.54, 1.807) is 11.3 Å². The van der Waals surface area contributed by atoms with Crippen molar-refractivity contribution in [3.8, 4) is 10.6 Å². The Kier molecular flexibility index (Phi) is 5.87. The van der Waals surface area contributed by atoms with E-state index >= 15 is 0 Å². The summed E-state index contributed by atoms with van der Waals surface area (Å²) in [6.45, 7) is 9.52. The van der Waals surface area contributed by atoms with Gasteiger partial charge in [-0.1, -0.05) is 37.3 Å². The lowest BCUT2D eigenvalue weighted by atomic mass is 9.95. The number of hydrogen-bond donors (Lipinski definition) is 1. The Labute approximate surface area is 175 Å². The third kappa shape index (κ3) is 4.79. The number of pyridine rings is 1. The molecule has 3 heterocycles. The predicted molar refractivity (Wildman–Crippen MR) is 118 cm³/mol. The van der Waals surface area contributed by atoms with E-state index < -0.39 is 0 Å². The van der Waals surface area contributed by atoms with Crippen LogP contribution in [0.25, 0.3) is 21.3 Å². The SMILES string of the molecule is Cc1nnc(-c2ccc3cnc(NC(=O)C4CCN(CC(C)C)CC4)cc3c2)s1. The number of carbonyl (C=O) groups excluding carboxylic acids is 1. The van der Waals surface area contributed by atoms with Crippen LogP contribution in [-0.2, 0) is 4.79 Å². The van der Waals surface area contributed by atoms with Gasteiger partial charge in [-0.15, -0.1) is 10.2 Å². The van der Waals surface area contributed by atoms with Crippen LogP contribution in [0.15, 0.2) is 30.5 Å². The molecule has 0 aliphatic carbocycles. The monoisotopic (exact) mass is 409 g/mol. The molecule has 1 fully saturated rings. The number of rotatable bonds is 5. The molecule has 152 valence electrons. The summed E-state index contributed by atoms with van der Waals surface area (Å²) in [4.78, 5) is 19.6. The Morgan fingerprint density at radius 1 is 1.21 bits per heavy atom. The summed E-state index contributed by atoms with van der Waals surface area (Å²) in [5.74, 6) is 1.41. The molecule has 4 rings (SSSR count). The zero-order valence-corrected chi connectivity index (χ0v) is 18.0. The van der Waals surface area contributed by atoms with Crippen LogP contribution in [0, 0.1) is 18.8 Å². The van der Waals surface area contributed by atoms with Crippen molar-refractivity contribution in [2.75, 3.05) is 25.0 Å². The maximum atomic E-state index is 12.7. The van der Waals surface area contributed by atoms with Gasteiger partial charge in [-0.25, -0.2) is 4.98 Å². The van der Waals surface area contributed by atoms with E-state index in [1.807, 2.05) is 31.3 Å². The fourth-order valence-corrected chi connectivity index (χ4v) is 4.57. The number of piperidine rings is 1. The molecule has 0 spiro atoms. The van der Waals surface area contributed by atoms with Crippen molar-refractivity contribution in [3.63, 3.8) is 0 Å². The lowest BCUT2D eigenvalue weighted by molar-refractivity contribution is -0.121. The molecule has 1 N–H and O–H groups in total. The van der Waals surface area contributed by atoms with Crippen molar-refractivity contribution < 1.29 is 4.79 Å². The molecule has 3 aromatic rings. The van der Waals surface area contributed by atoms with E-state index in [4.69, 9.17) is 0 Å². The summed E-state index contributed by atoms with van der Waals surface area (Å²) in [7, 11) is 0. The van der Waals surface area contributed by atoms with Crippen LogP contribution in [0.4, 0.5) is 5.82 Å². The number of fused-ring (bicyclic) bond motifs is 1. The van der Waals surface area contributed by atoms with Gasteiger partial charge < -0.3 is 10.2 Å². The highest BCUT2D eigenvalue weighted by Crippen LogP contribution is 2.28. The second-order valence-corrected chi connectivity index (χ2v) is 9.40. The molecule has 1 amide bonds. The Balaban J connectivity index is 1.44. The minimum absolute atomic E-state index is 0.0617. The van der Waals surface area contributed by atoms with Gasteiger partial charge in [-0.2, -0.15) is 0 Å². The van der Waals surface area contributed by atoms with Crippen LogP contribution < -0.4 is 5.32 Å². The Morgan fingerprint density at radius 2 is 2.00 bits per heavy atom. The highest BCUT2D eigenvalue weighted by atomic mass is 32.1. The zero-order chi connectivity index (χ0) is 20.4. The highest BCUT2D eigenvalue weighted by molar-refractivity contribution is 7.14. The number of anilines is 1. The molecule has 0 saturated carbocycles. The second kappa shape index (κ2) is 8.55. The first-order chi connectivity index (χ1) is 14.0. The minimum Gasteiger partial charge on any atom is -0.310 e. The quantitative estimate of drug-likeness (QED) is 0.678. The maximum absolute atomic E-state index is 12.7. The van der Waals surface area contributed by atoms with Crippen molar-refractivity contribution in [2.45, 2.75) is 33.6 Å². The third-order valence-corrected chi connectivity index (χ3v) is 6.22. The number of amides is 1. The van der Waals surface area contributed by atoms with Gasteiger partial charge in [0.1, 0.15) is 15.8 Å². The van der Waals surface area contributed by atoms with Crippen LogP contribution in [0.1, 0.15) is 31.7 Å². The van der Waals surface area contributed by atoms with Gasteiger partial charge in [0.2, 0.25) is 5.91 Å². The van der Waals surface area contributed by atoms with E-state index in [2.05, 4.69) is 45.3 Å². The molecule has 29 heavy (non-hydrogen) atoms. The first kappa shape index (κ1) is 19.9. The summed E-state index contributed by atoms with van der Waals surface area (Å²) in [6, 6.07) is 8.09. The maximum Gasteiger partial charge on any atom is 0.228 e. The van der Waals surface area contributed by atoms with Crippen molar-refractivity contribution in [1.82, 2.24) is 20.1 Å². The largest absolute Gasteiger partial charge is 0.310 e. The second-order valence-electron chi connectivity index (χ2n) is 8.22. The highest BCUT2D eigenvalue weighted by Gasteiger charge is 2.25. The summed E-state index contributed by atoms with van der Waals surface area (Å²) >= 11 is 1.58. The van der Waals surface area contributed by atoms with Gasteiger partial charge in [0.05, 0.1) is 0 Å². The predicted octanol–water partition coefficient (Wildman–Crippen LogP) is 4.37. The normalized spacial score (nSPS) is 15.9. The van der Waals surface area contributed by atoms with Crippen molar-refractivity contribution in [1.29, 1.82) is 0 Å². The van der Waals surface area contributed by atoms with E-state index in [9.17, 15) is 4.79 Å². The molecule has 0 unspecified atom stereocenters. The average molecular weight is 410 g/mol. The van der Waals surface area contributed by atoms with E-state index in [0.717, 1.165) is 58.8 Å². The molecule has 1 aromatic carbocycles. The Morgan fingerprint density at radius 3 is 2.69 bits per heavy atom. The average Bonchev–Trinajstić information content (AvgIpc) is 3.14. The number of nitrogens with zero attached hydrogens (tertiary/aromatic N) is 4. The molecule has 0 atom stereocenters. The van der Waals surface area contributed by atoms with Crippen LogP contribution in [0.2, 0.25) is 0 Å². The molecule has 0 bridgehead atoms. The van der Waals surface area contributed by atoms with Gasteiger partial charge in [-0.05, 0) is 56.3 Å². The van der Waals surface area contributed by atoms with Crippen LogP contribution >= 0.6 is 11.3 Å². The van der Waals surface area contributed by atoms with Gasteiger partial charge in [-0.3, -0.25) is 4.79 Å². The molecule has 7 heteroatoms. The number of aromatic nitrogens is 3. The van der Waals surface area contributed by atoms with Crippen LogP contribution in [-0.4, -0.2) is 45.6 Å². The van der Waals surface area contributed by atoms with Crippen molar-refractivity contribution in [3.05, 3.63) is 35.5 Å². The topological polar surface area (TPSA) is 71.0 Å². The molecular weight excluding hydrogens is 382 g/mol. The van der Waals surface area contributed by atoms with Crippen LogP contribution in [0.5, 0.6) is 0 Å². The fourth-order valence-electron chi connectivity index (χ4n) is 3.88. The number of nitrogens with one attached hydrogen (secondary N) is 1. The molecule has 2 aromatic heterocycles. The van der Waals surface area contributed by atoms with Crippen molar-refractivity contribution >= 4 is 33.8 Å². The third-order valence-electron chi connectivity index (χ3n) is 5.33. The van der Waals surface area contributed by atoms with Crippen molar-refractivity contribution in [2.24, 2.45) is 11.8 Å². The Hall–Kier alpha value is -2.38. The first-order valence-corrected chi connectivity index (χ1v) is 11.0.